The lowest BCUT2D eigenvalue weighted by Crippen LogP contribution is -2.14. The van der Waals surface area contributed by atoms with Crippen molar-refractivity contribution in [2.24, 2.45) is 5.92 Å². The summed E-state index contributed by atoms with van der Waals surface area (Å²) in [5.74, 6) is 1.35. The Morgan fingerprint density at radius 3 is 2.43 bits per heavy atom. The Bertz CT molecular complexity index is 634. The monoisotopic (exact) mass is 283 g/mol. The van der Waals surface area contributed by atoms with E-state index in [1.54, 1.807) is 31.4 Å². The molecule has 0 aliphatic heterocycles. The predicted octanol–water partition coefficient (Wildman–Crippen LogP) is 3.14. The lowest BCUT2D eigenvalue weighted by Gasteiger charge is -2.06. The summed E-state index contributed by atoms with van der Waals surface area (Å²) in [6.45, 7) is 0. The van der Waals surface area contributed by atoms with Crippen LogP contribution in [-0.2, 0) is 4.79 Å². The van der Waals surface area contributed by atoms with Crippen molar-refractivity contribution in [2.45, 2.75) is 12.3 Å². The second-order valence-corrected chi connectivity index (χ2v) is 5.26. The number of phenols is 1. The number of amides is 1. The van der Waals surface area contributed by atoms with Crippen LogP contribution in [0.1, 0.15) is 17.9 Å². The summed E-state index contributed by atoms with van der Waals surface area (Å²) in [6.07, 6.45) is 0.871. The molecule has 1 aliphatic carbocycles. The third kappa shape index (κ3) is 2.99. The molecular formula is C17H17NO3. The molecule has 0 saturated heterocycles. The van der Waals surface area contributed by atoms with Crippen LogP contribution in [0.4, 0.5) is 5.69 Å². The minimum atomic E-state index is 0.0206. The van der Waals surface area contributed by atoms with E-state index in [1.807, 2.05) is 24.3 Å². The second-order valence-electron chi connectivity index (χ2n) is 5.26. The molecule has 0 aromatic heterocycles. The highest BCUT2D eigenvalue weighted by molar-refractivity contribution is 5.95. The van der Waals surface area contributed by atoms with Gasteiger partial charge in [-0.3, -0.25) is 4.79 Å². The number of aromatic hydroxyl groups is 1. The molecule has 2 aromatic rings. The number of benzene rings is 2. The van der Waals surface area contributed by atoms with Gasteiger partial charge in [-0.2, -0.15) is 0 Å². The molecule has 0 heterocycles. The fourth-order valence-corrected chi connectivity index (χ4v) is 2.48. The Balaban J connectivity index is 1.61. The van der Waals surface area contributed by atoms with E-state index < -0.39 is 0 Å². The van der Waals surface area contributed by atoms with Crippen LogP contribution in [0.3, 0.4) is 0 Å². The van der Waals surface area contributed by atoms with E-state index >= 15 is 0 Å². The van der Waals surface area contributed by atoms with Crippen LogP contribution in [0.2, 0.25) is 0 Å². The lowest BCUT2D eigenvalue weighted by molar-refractivity contribution is -0.117. The summed E-state index contributed by atoms with van der Waals surface area (Å²) in [7, 11) is 1.64. The fraction of sp³-hybridized carbons (Fsp3) is 0.235. The molecule has 4 heteroatoms. The highest BCUT2D eigenvalue weighted by Crippen LogP contribution is 2.48. The first kappa shape index (κ1) is 13.5. The van der Waals surface area contributed by atoms with Gasteiger partial charge >= 0.3 is 0 Å². The molecule has 1 saturated carbocycles. The fourth-order valence-electron chi connectivity index (χ4n) is 2.48. The molecule has 21 heavy (non-hydrogen) atoms. The molecule has 0 radical (unpaired) electrons. The molecule has 4 nitrogen and oxygen atoms in total. The minimum Gasteiger partial charge on any atom is -0.508 e. The summed E-state index contributed by atoms with van der Waals surface area (Å²) in [5.41, 5.74) is 1.87. The molecule has 108 valence electrons. The topological polar surface area (TPSA) is 58.6 Å². The lowest BCUT2D eigenvalue weighted by atomic mass is 10.1. The van der Waals surface area contributed by atoms with Crippen LogP contribution in [0.25, 0.3) is 0 Å². The van der Waals surface area contributed by atoms with E-state index in [-0.39, 0.29) is 23.5 Å². The number of phenolic OH excluding ortho intramolecular Hbond substituents is 1. The third-order valence-electron chi connectivity index (χ3n) is 3.81. The average molecular weight is 283 g/mol. The molecule has 0 bridgehead atoms. The summed E-state index contributed by atoms with van der Waals surface area (Å²) in [6, 6.07) is 14.4. The smallest absolute Gasteiger partial charge is 0.228 e. The van der Waals surface area contributed by atoms with E-state index in [2.05, 4.69) is 5.32 Å². The third-order valence-corrected chi connectivity index (χ3v) is 3.81. The van der Waals surface area contributed by atoms with E-state index in [9.17, 15) is 9.90 Å². The van der Waals surface area contributed by atoms with Gasteiger partial charge in [-0.05, 0) is 54.3 Å². The van der Waals surface area contributed by atoms with Gasteiger partial charge in [-0.25, -0.2) is 0 Å². The number of rotatable bonds is 4. The van der Waals surface area contributed by atoms with Crippen molar-refractivity contribution in [3.63, 3.8) is 0 Å². The van der Waals surface area contributed by atoms with Crippen LogP contribution in [0.5, 0.6) is 11.5 Å². The van der Waals surface area contributed by atoms with E-state index in [0.29, 0.717) is 5.69 Å². The molecule has 3 rings (SSSR count). The Morgan fingerprint density at radius 1 is 1.14 bits per heavy atom. The van der Waals surface area contributed by atoms with Crippen molar-refractivity contribution in [1.29, 1.82) is 0 Å². The van der Waals surface area contributed by atoms with Gasteiger partial charge in [0.2, 0.25) is 5.91 Å². The zero-order valence-electron chi connectivity index (χ0n) is 11.7. The van der Waals surface area contributed by atoms with Gasteiger partial charge in [0.25, 0.3) is 0 Å². The molecule has 2 atom stereocenters. The Kier molecular flexibility index (Phi) is 3.52. The number of carbonyl (C=O) groups is 1. The molecule has 1 fully saturated rings. The van der Waals surface area contributed by atoms with Crippen LogP contribution >= 0.6 is 0 Å². The predicted molar refractivity (Wildman–Crippen MR) is 80.6 cm³/mol. The van der Waals surface area contributed by atoms with Crippen molar-refractivity contribution >= 4 is 11.6 Å². The molecule has 1 aliphatic rings. The normalized spacial score (nSPS) is 19.9. The standard InChI is InChI=1S/C17H17NO3/c1-21-14-8-2-11(3-9-14)15-10-16(15)17(20)18-12-4-6-13(19)7-5-12/h2-9,15-16,19H,10H2,1H3,(H,18,20). The summed E-state index contributed by atoms with van der Waals surface area (Å²) >= 11 is 0. The average Bonchev–Trinajstić information content (AvgIpc) is 3.30. The molecule has 2 unspecified atom stereocenters. The second kappa shape index (κ2) is 5.48. The Morgan fingerprint density at radius 2 is 1.81 bits per heavy atom. The van der Waals surface area contributed by atoms with E-state index in [1.165, 1.54) is 5.56 Å². The van der Waals surface area contributed by atoms with Crippen molar-refractivity contribution in [3.05, 3.63) is 54.1 Å². The number of ether oxygens (including phenoxy) is 1. The van der Waals surface area contributed by atoms with Gasteiger partial charge in [0, 0.05) is 11.6 Å². The van der Waals surface area contributed by atoms with Gasteiger partial charge in [-0.15, -0.1) is 0 Å². The quantitative estimate of drug-likeness (QED) is 0.847. The van der Waals surface area contributed by atoms with Gasteiger partial charge in [-0.1, -0.05) is 12.1 Å². The molecule has 2 aromatic carbocycles. The van der Waals surface area contributed by atoms with Crippen LogP contribution in [0, 0.1) is 5.92 Å². The highest BCUT2D eigenvalue weighted by Gasteiger charge is 2.43. The SMILES string of the molecule is COc1ccc(C2CC2C(=O)Nc2ccc(O)cc2)cc1. The van der Waals surface area contributed by atoms with Gasteiger partial charge in [0.1, 0.15) is 11.5 Å². The molecule has 1 amide bonds. The van der Waals surface area contributed by atoms with Crippen molar-refractivity contribution in [1.82, 2.24) is 0 Å². The summed E-state index contributed by atoms with van der Waals surface area (Å²) < 4.78 is 5.13. The number of carbonyl (C=O) groups excluding carboxylic acids is 1. The van der Waals surface area contributed by atoms with E-state index in [4.69, 9.17) is 4.74 Å². The largest absolute Gasteiger partial charge is 0.508 e. The van der Waals surface area contributed by atoms with Crippen LogP contribution in [0.15, 0.2) is 48.5 Å². The van der Waals surface area contributed by atoms with Gasteiger partial charge in [0.15, 0.2) is 0 Å². The van der Waals surface area contributed by atoms with Crippen molar-refractivity contribution in [2.75, 3.05) is 12.4 Å². The van der Waals surface area contributed by atoms with Gasteiger partial charge in [0.05, 0.1) is 7.11 Å². The maximum Gasteiger partial charge on any atom is 0.228 e. The zero-order valence-corrected chi connectivity index (χ0v) is 11.7. The first-order valence-corrected chi connectivity index (χ1v) is 6.91. The van der Waals surface area contributed by atoms with Crippen molar-refractivity contribution in [3.8, 4) is 11.5 Å². The number of methoxy groups -OCH3 is 1. The Hall–Kier alpha value is -2.49. The van der Waals surface area contributed by atoms with Crippen LogP contribution < -0.4 is 10.1 Å². The first-order valence-electron chi connectivity index (χ1n) is 6.91. The minimum absolute atomic E-state index is 0.0206. The van der Waals surface area contributed by atoms with Crippen LogP contribution in [-0.4, -0.2) is 18.1 Å². The molecule has 2 N–H and O–H groups in total. The van der Waals surface area contributed by atoms with Gasteiger partial charge < -0.3 is 15.2 Å². The molecular weight excluding hydrogens is 266 g/mol. The zero-order chi connectivity index (χ0) is 14.8. The van der Waals surface area contributed by atoms with E-state index in [0.717, 1.165) is 12.2 Å². The summed E-state index contributed by atoms with van der Waals surface area (Å²) in [5, 5.41) is 12.1. The number of nitrogens with one attached hydrogen (secondary N) is 1. The maximum absolute atomic E-state index is 12.2. The molecule has 0 spiro atoms. The Labute approximate surface area is 123 Å². The summed E-state index contributed by atoms with van der Waals surface area (Å²) in [4.78, 5) is 12.2. The first-order chi connectivity index (χ1) is 10.2. The van der Waals surface area contributed by atoms with Crippen molar-refractivity contribution < 1.29 is 14.6 Å². The number of hydrogen-bond acceptors (Lipinski definition) is 3. The number of anilines is 1. The number of hydrogen-bond donors (Lipinski definition) is 2. The maximum atomic E-state index is 12.2. The highest BCUT2D eigenvalue weighted by atomic mass is 16.5.